The number of anilines is 3. The summed E-state index contributed by atoms with van der Waals surface area (Å²) in [5.41, 5.74) is 7.68. The van der Waals surface area contributed by atoms with Crippen LogP contribution in [-0.4, -0.2) is 52.8 Å². The monoisotopic (exact) mass is 609 g/mol. The Morgan fingerprint density at radius 3 is 2.59 bits per heavy atom. The number of carbonyl (C=O) groups excluding carboxylic acids is 2. The van der Waals surface area contributed by atoms with Gasteiger partial charge in [-0.05, 0) is 51.0 Å². The lowest BCUT2D eigenvalue weighted by Crippen LogP contribution is -2.34. The number of nitrogens with two attached hydrogens (primary N) is 1. The van der Waals surface area contributed by atoms with Crippen LogP contribution < -0.4 is 21.7 Å². The van der Waals surface area contributed by atoms with Crippen LogP contribution in [-0.2, 0) is 15.7 Å². The Bertz CT molecular complexity index is 1540. The molecule has 4 rings (SSSR count). The summed E-state index contributed by atoms with van der Waals surface area (Å²) in [7, 11) is 0. The van der Waals surface area contributed by atoms with Crippen LogP contribution in [0.3, 0.4) is 0 Å². The number of aromatic nitrogens is 2. The van der Waals surface area contributed by atoms with Crippen molar-refractivity contribution in [3.8, 4) is 0 Å². The van der Waals surface area contributed by atoms with Gasteiger partial charge in [0.25, 0.3) is 5.91 Å². The molecule has 2 aromatic heterocycles. The lowest BCUT2D eigenvalue weighted by molar-refractivity contribution is -0.137. The molecule has 0 fully saturated rings. The number of halogens is 3. The fourth-order valence-electron chi connectivity index (χ4n) is 4.55. The first-order valence-electron chi connectivity index (χ1n) is 14.1. The summed E-state index contributed by atoms with van der Waals surface area (Å²) in [6.45, 7) is 4.63. The van der Waals surface area contributed by atoms with Gasteiger partial charge in [-0.15, -0.1) is 0 Å². The topological polar surface area (TPSA) is 155 Å². The molecule has 0 spiro atoms. The third-order valence-electron chi connectivity index (χ3n) is 6.94. The van der Waals surface area contributed by atoms with Gasteiger partial charge in [0.2, 0.25) is 5.91 Å². The molecule has 3 heterocycles. The Labute approximate surface area is 252 Å². The number of nitrogen functional groups attached to an aromatic ring is 1. The molecule has 3 aromatic rings. The zero-order chi connectivity index (χ0) is 31.9. The minimum absolute atomic E-state index is 0.0511. The molecule has 10 nitrogen and oxygen atoms in total. The maximum absolute atomic E-state index is 13.0. The molecule has 0 saturated carbocycles. The summed E-state index contributed by atoms with van der Waals surface area (Å²) in [5.74, 6) is -0.857. The molecular formula is C31H34F3N7O3. The second-order valence-electron chi connectivity index (χ2n) is 10.4. The second kappa shape index (κ2) is 14.1. The highest BCUT2D eigenvalue weighted by molar-refractivity contribution is 6.17. The molecule has 1 aliphatic rings. The molecule has 1 aliphatic heterocycles. The van der Waals surface area contributed by atoms with E-state index in [1.165, 1.54) is 12.1 Å². The first kappa shape index (κ1) is 32.1. The van der Waals surface area contributed by atoms with Crippen LogP contribution in [0.5, 0.6) is 0 Å². The van der Waals surface area contributed by atoms with E-state index in [9.17, 15) is 22.8 Å². The van der Waals surface area contributed by atoms with Gasteiger partial charge in [-0.3, -0.25) is 15.0 Å². The molecule has 0 saturated heterocycles. The average molecular weight is 610 g/mol. The third-order valence-corrected chi connectivity index (χ3v) is 6.94. The minimum Gasteiger partial charge on any atom is -0.384 e. The smallest absolute Gasteiger partial charge is 0.384 e. The van der Waals surface area contributed by atoms with Gasteiger partial charge in [-0.25, -0.2) is 9.97 Å². The lowest BCUT2D eigenvalue weighted by Gasteiger charge is -2.19. The molecule has 6 N–H and O–H groups in total. The molecule has 0 radical (unpaired) electrons. The second-order valence-corrected chi connectivity index (χ2v) is 10.4. The number of carbonyl (C=O) groups is 2. The molecule has 1 aromatic carbocycles. The minimum atomic E-state index is -4.57. The predicted octanol–water partition coefficient (Wildman–Crippen LogP) is 5.26. The van der Waals surface area contributed by atoms with Crippen LogP contribution in [0, 0.1) is 5.41 Å². The van der Waals surface area contributed by atoms with Crippen molar-refractivity contribution in [3.05, 3.63) is 82.7 Å². The molecule has 0 bridgehead atoms. The van der Waals surface area contributed by atoms with Crippen LogP contribution in [0.4, 0.5) is 30.5 Å². The highest BCUT2D eigenvalue weighted by atomic mass is 19.4. The van der Waals surface area contributed by atoms with E-state index in [1.54, 1.807) is 18.3 Å². The van der Waals surface area contributed by atoms with E-state index >= 15 is 0 Å². The molecule has 1 unspecified atom stereocenters. The Balaban J connectivity index is 1.58. The predicted molar refractivity (Wildman–Crippen MR) is 163 cm³/mol. The summed E-state index contributed by atoms with van der Waals surface area (Å²) in [5, 5.41) is 17.7. The van der Waals surface area contributed by atoms with E-state index in [0.717, 1.165) is 18.3 Å². The molecule has 2 amide bonds. The number of ether oxygens (including phenoxy) is 1. The fourth-order valence-corrected chi connectivity index (χ4v) is 4.55. The molecule has 2 atom stereocenters. The number of rotatable bonds is 4. The van der Waals surface area contributed by atoms with Gasteiger partial charge in [0.15, 0.2) is 0 Å². The van der Waals surface area contributed by atoms with Crippen LogP contribution in [0.25, 0.3) is 6.08 Å². The maximum Gasteiger partial charge on any atom is 0.416 e. The highest BCUT2D eigenvalue weighted by Gasteiger charge is 2.31. The Kier molecular flexibility index (Phi) is 10.3. The summed E-state index contributed by atoms with van der Waals surface area (Å²) < 4.78 is 44.8. The number of amides is 2. The zero-order valence-corrected chi connectivity index (χ0v) is 24.3. The first-order valence-corrected chi connectivity index (χ1v) is 14.1. The van der Waals surface area contributed by atoms with E-state index in [1.807, 2.05) is 26.0 Å². The van der Waals surface area contributed by atoms with Crippen molar-refractivity contribution in [3.63, 3.8) is 0 Å². The summed E-state index contributed by atoms with van der Waals surface area (Å²) in [6, 6.07) is 7.48. The van der Waals surface area contributed by atoms with Crippen LogP contribution in [0.2, 0.25) is 0 Å². The lowest BCUT2D eigenvalue weighted by atomic mass is 9.97. The number of hydrogen-bond acceptors (Lipinski definition) is 8. The van der Waals surface area contributed by atoms with Gasteiger partial charge in [0.1, 0.15) is 11.6 Å². The van der Waals surface area contributed by atoms with Crippen molar-refractivity contribution in [2.45, 2.75) is 51.4 Å². The Hall–Kier alpha value is -4.78. The standard InChI is InChI=1S/C31H34F3N7O3/c1-18-10-13-38-28-22(5-3-4-19(2)44-15-12-25(42)40-18)17-39-29(36)26(28)27(35)20-6-8-21(9-7-20)30(43)41-24-16-23(11-14-37-24)31(32,33)34/h3,5-9,11,14,16-19,35,38H,4,10,12-13,15H2,1-2H3,(H2,36,39)(H,40,42)(H,37,41,43)/b5-3+,35-27?/t18?,19-/m1/s1. The molecule has 44 heavy (non-hydrogen) atoms. The average Bonchev–Trinajstić information content (AvgIpc) is 2.97. The first-order chi connectivity index (χ1) is 20.9. The number of fused-ring (bicyclic) bond motifs is 1. The zero-order valence-electron chi connectivity index (χ0n) is 24.3. The number of benzene rings is 1. The van der Waals surface area contributed by atoms with Gasteiger partial charge >= 0.3 is 6.18 Å². The van der Waals surface area contributed by atoms with Gasteiger partial charge in [-0.1, -0.05) is 24.3 Å². The summed E-state index contributed by atoms with van der Waals surface area (Å²) >= 11 is 0. The van der Waals surface area contributed by atoms with Gasteiger partial charge in [0, 0.05) is 48.1 Å². The maximum atomic E-state index is 13.0. The van der Waals surface area contributed by atoms with Gasteiger partial charge in [-0.2, -0.15) is 13.2 Å². The number of nitrogens with one attached hydrogen (secondary N) is 4. The summed E-state index contributed by atoms with van der Waals surface area (Å²) in [4.78, 5) is 33.1. The van der Waals surface area contributed by atoms with Crippen molar-refractivity contribution in [1.29, 1.82) is 5.41 Å². The normalized spacial score (nSPS) is 18.9. The van der Waals surface area contributed by atoms with Crippen LogP contribution in [0.15, 0.2) is 54.9 Å². The summed E-state index contributed by atoms with van der Waals surface area (Å²) in [6.07, 6.45) is 3.19. The van der Waals surface area contributed by atoms with Crippen LogP contribution >= 0.6 is 0 Å². The Morgan fingerprint density at radius 1 is 1.14 bits per heavy atom. The molecule has 0 aliphatic carbocycles. The van der Waals surface area contributed by atoms with Crippen LogP contribution in [0.1, 0.15) is 65.7 Å². The number of pyridine rings is 2. The van der Waals surface area contributed by atoms with E-state index in [0.29, 0.717) is 48.4 Å². The number of nitrogens with zero attached hydrogens (tertiary/aromatic N) is 2. The van der Waals surface area contributed by atoms with Gasteiger partial charge < -0.3 is 26.4 Å². The number of alkyl halides is 3. The van der Waals surface area contributed by atoms with Gasteiger partial charge in [0.05, 0.1) is 35.2 Å². The largest absolute Gasteiger partial charge is 0.416 e. The van der Waals surface area contributed by atoms with E-state index < -0.39 is 17.6 Å². The third kappa shape index (κ3) is 8.40. The van der Waals surface area contributed by atoms with E-state index in [4.69, 9.17) is 15.9 Å². The van der Waals surface area contributed by atoms with Crippen molar-refractivity contribution < 1.29 is 27.5 Å². The fraction of sp³-hybridized carbons (Fsp3) is 0.323. The molecular weight excluding hydrogens is 575 g/mol. The Morgan fingerprint density at radius 2 is 1.86 bits per heavy atom. The SMILES string of the molecule is CC1CCNc2c(cnc(N)c2C(=N)c2ccc(C(=O)Nc3cc(C(F)(F)F)ccn3)cc2)/C=C/C[C@@H](C)OCCC(=O)N1. The number of hydrogen-bond donors (Lipinski definition) is 5. The van der Waals surface area contributed by atoms with E-state index in [2.05, 4.69) is 25.9 Å². The quantitative estimate of drug-likeness (QED) is 0.253. The molecule has 232 valence electrons. The van der Waals surface area contributed by atoms with Crippen molar-refractivity contribution in [2.24, 2.45) is 0 Å². The van der Waals surface area contributed by atoms with Crippen molar-refractivity contribution >= 4 is 40.9 Å². The van der Waals surface area contributed by atoms with Crippen molar-refractivity contribution in [1.82, 2.24) is 15.3 Å². The van der Waals surface area contributed by atoms with Crippen molar-refractivity contribution in [2.75, 3.05) is 29.5 Å². The molecule has 13 heteroatoms. The van der Waals surface area contributed by atoms with E-state index in [-0.39, 0.29) is 47.4 Å². The highest BCUT2D eigenvalue weighted by Crippen LogP contribution is 2.31.